The molecule has 3 rings (SSSR count). The van der Waals surface area contributed by atoms with Crippen molar-refractivity contribution in [2.24, 2.45) is 0 Å². The highest BCUT2D eigenvalue weighted by atomic mass is 79.9. The number of hydrogen-bond donors (Lipinski definition) is 1. The number of carbonyl (C=O) groups excluding carboxylic acids is 1. The van der Waals surface area contributed by atoms with Crippen molar-refractivity contribution in [3.05, 3.63) is 67.5 Å². The van der Waals surface area contributed by atoms with E-state index in [1.54, 1.807) is 18.3 Å². The summed E-state index contributed by atoms with van der Waals surface area (Å²) in [6.45, 7) is 1.80. The Labute approximate surface area is 154 Å². The van der Waals surface area contributed by atoms with Crippen molar-refractivity contribution in [1.29, 1.82) is 0 Å². The van der Waals surface area contributed by atoms with Crippen LogP contribution in [0.25, 0.3) is 10.8 Å². The number of aromatic nitrogens is 2. The summed E-state index contributed by atoms with van der Waals surface area (Å²) in [5.41, 5.74) is 1.39. The largest absolute Gasteiger partial charge is 0.323 e. The molecule has 1 aromatic heterocycles. The highest BCUT2D eigenvalue weighted by Crippen LogP contribution is 2.32. The number of anilines is 1. The number of rotatable bonds is 3. The lowest BCUT2D eigenvalue weighted by Gasteiger charge is -2.11. The lowest BCUT2D eigenvalue weighted by molar-refractivity contribution is -0.117. The van der Waals surface area contributed by atoms with Crippen LogP contribution in [0.15, 0.2) is 56.3 Å². The Hall–Kier alpha value is -1.99. The average Bonchev–Trinajstić information content (AvgIpc) is 2.54. The van der Waals surface area contributed by atoms with Gasteiger partial charge in [-0.15, -0.1) is 0 Å². The second kappa shape index (κ2) is 6.86. The third-order valence-electron chi connectivity index (χ3n) is 3.51. The maximum Gasteiger partial charge on any atom is 0.275 e. The van der Waals surface area contributed by atoms with Crippen LogP contribution in [0.2, 0.25) is 0 Å². The predicted molar refractivity (Wildman–Crippen MR) is 101 cm³/mol. The first-order valence-electron chi connectivity index (χ1n) is 7.16. The summed E-state index contributed by atoms with van der Waals surface area (Å²) in [7, 11) is 0. The first kappa shape index (κ1) is 16.9. The van der Waals surface area contributed by atoms with Crippen LogP contribution >= 0.6 is 31.9 Å². The van der Waals surface area contributed by atoms with E-state index >= 15 is 0 Å². The fraction of sp³-hybridized carbons (Fsp3) is 0.118. The van der Waals surface area contributed by atoms with Gasteiger partial charge in [-0.2, -0.15) is 5.10 Å². The summed E-state index contributed by atoms with van der Waals surface area (Å²) < 4.78 is 2.69. The van der Waals surface area contributed by atoms with E-state index in [1.165, 1.54) is 0 Å². The van der Waals surface area contributed by atoms with E-state index in [-0.39, 0.29) is 18.0 Å². The van der Waals surface area contributed by atoms with Gasteiger partial charge in [0.1, 0.15) is 6.54 Å². The molecule has 0 aliphatic carbocycles. The number of nitrogens with one attached hydrogen (secondary N) is 1. The van der Waals surface area contributed by atoms with Gasteiger partial charge in [-0.05, 0) is 62.5 Å². The van der Waals surface area contributed by atoms with Gasteiger partial charge in [0.05, 0.1) is 17.3 Å². The van der Waals surface area contributed by atoms with Crippen molar-refractivity contribution in [2.75, 3.05) is 5.32 Å². The van der Waals surface area contributed by atoms with Gasteiger partial charge in [0, 0.05) is 14.3 Å². The first-order chi connectivity index (χ1) is 11.5. The maximum atomic E-state index is 12.4. The Bertz CT molecular complexity index is 976. The van der Waals surface area contributed by atoms with Crippen LogP contribution in [0.3, 0.4) is 0 Å². The highest BCUT2D eigenvalue weighted by Gasteiger charge is 2.12. The fourth-order valence-electron chi connectivity index (χ4n) is 2.37. The molecule has 0 unspecified atom stereocenters. The van der Waals surface area contributed by atoms with Crippen LogP contribution in [0.4, 0.5) is 5.69 Å². The van der Waals surface area contributed by atoms with Crippen molar-refractivity contribution in [1.82, 2.24) is 9.78 Å². The zero-order valence-electron chi connectivity index (χ0n) is 12.7. The Balaban J connectivity index is 1.86. The number of carbonyl (C=O) groups is 1. The molecule has 0 atom stereocenters. The number of nitrogens with zero attached hydrogens (tertiary/aromatic N) is 2. The third kappa shape index (κ3) is 3.42. The Morgan fingerprint density at radius 2 is 1.88 bits per heavy atom. The SMILES string of the molecule is Cc1cc(Br)c(NC(=O)Cn2ncc3ccccc3c2=O)c(Br)c1. The van der Waals surface area contributed by atoms with E-state index in [4.69, 9.17) is 0 Å². The molecule has 0 aliphatic heterocycles. The van der Waals surface area contributed by atoms with E-state index < -0.39 is 0 Å². The number of hydrogen-bond acceptors (Lipinski definition) is 3. The molecule has 0 aliphatic rings. The number of amides is 1. The molecule has 1 N–H and O–H groups in total. The van der Waals surface area contributed by atoms with Gasteiger partial charge >= 0.3 is 0 Å². The fourth-order valence-corrected chi connectivity index (χ4v) is 3.99. The number of benzene rings is 2. The lowest BCUT2D eigenvalue weighted by Crippen LogP contribution is -2.29. The average molecular weight is 451 g/mol. The molecule has 2 aromatic carbocycles. The minimum Gasteiger partial charge on any atom is -0.323 e. The Kier molecular flexibility index (Phi) is 4.82. The minimum absolute atomic E-state index is 0.156. The van der Waals surface area contributed by atoms with Crippen LogP contribution in [0.1, 0.15) is 5.56 Å². The van der Waals surface area contributed by atoms with Crippen LogP contribution in [0.5, 0.6) is 0 Å². The molecule has 0 saturated carbocycles. The molecular weight excluding hydrogens is 438 g/mol. The van der Waals surface area contributed by atoms with Gasteiger partial charge in [-0.25, -0.2) is 4.68 Å². The Morgan fingerprint density at radius 3 is 2.58 bits per heavy atom. The van der Waals surface area contributed by atoms with E-state index in [0.29, 0.717) is 11.1 Å². The molecule has 0 bridgehead atoms. The summed E-state index contributed by atoms with van der Waals surface area (Å²) in [5.74, 6) is -0.329. The molecule has 0 spiro atoms. The second-order valence-electron chi connectivity index (χ2n) is 5.35. The third-order valence-corrected chi connectivity index (χ3v) is 4.76. The van der Waals surface area contributed by atoms with E-state index in [2.05, 4.69) is 42.3 Å². The monoisotopic (exact) mass is 449 g/mol. The van der Waals surface area contributed by atoms with Crippen molar-refractivity contribution in [3.63, 3.8) is 0 Å². The topological polar surface area (TPSA) is 64.0 Å². The molecule has 0 radical (unpaired) electrons. The van der Waals surface area contributed by atoms with Gasteiger partial charge in [0.25, 0.3) is 5.56 Å². The molecule has 5 nitrogen and oxygen atoms in total. The van der Waals surface area contributed by atoms with Gasteiger partial charge in [0.2, 0.25) is 5.91 Å². The quantitative estimate of drug-likeness (QED) is 0.658. The number of fused-ring (bicyclic) bond motifs is 1. The molecule has 1 heterocycles. The predicted octanol–water partition coefficient (Wildman–Crippen LogP) is 3.87. The van der Waals surface area contributed by atoms with Crippen molar-refractivity contribution >= 4 is 54.2 Å². The smallest absolute Gasteiger partial charge is 0.275 e. The number of halogens is 2. The van der Waals surface area contributed by atoms with Crippen LogP contribution in [-0.4, -0.2) is 15.7 Å². The normalized spacial score (nSPS) is 10.8. The van der Waals surface area contributed by atoms with Gasteiger partial charge in [-0.3, -0.25) is 9.59 Å². The minimum atomic E-state index is -0.329. The number of aryl methyl sites for hydroxylation is 1. The van der Waals surface area contributed by atoms with Crippen LogP contribution < -0.4 is 10.9 Å². The van der Waals surface area contributed by atoms with Crippen molar-refractivity contribution in [3.8, 4) is 0 Å². The van der Waals surface area contributed by atoms with E-state index in [0.717, 1.165) is 24.6 Å². The van der Waals surface area contributed by atoms with Crippen LogP contribution in [-0.2, 0) is 11.3 Å². The molecule has 122 valence electrons. The molecule has 24 heavy (non-hydrogen) atoms. The zero-order valence-corrected chi connectivity index (χ0v) is 15.9. The Morgan fingerprint density at radius 1 is 1.21 bits per heavy atom. The first-order valence-corrected chi connectivity index (χ1v) is 8.74. The highest BCUT2D eigenvalue weighted by molar-refractivity contribution is 9.11. The molecule has 1 amide bonds. The standard InChI is InChI=1S/C17H13Br2N3O2/c1-10-6-13(18)16(14(19)7-10)21-15(23)9-22-17(24)12-5-3-2-4-11(12)8-20-22/h2-8H,9H2,1H3,(H,21,23). The van der Waals surface area contributed by atoms with Crippen molar-refractivity contribution < 1.29 is 4.79 Å². The summed E-state index contributed by atoms with van der Waals surface area (Å²) >= 11 is 6.86. The molecular formula is C17H13Br2N3O2. The lowest BCUT2D eigenvalue weighted by atomic mass is 10.2. The molecule has 7 heteroatoms. The molecule has 3 aromatic rings. The maximum absolute atomic E-state index is 12.4. The summed E-state index contributed by atoms with van der Waals surface area (Å²) in [4.78, 5) is 24.7. The summed E-state index contributed by atoms with van der Waals surface area (Å²) in [6, 6.07) is 11.0. The van der Waals surface area contributed by atoms with Crippen molar-refractivity contribution in [2.45, 2.75) is 13.5 Å². The van der Waals surface area contributed by atoms with E-state index in [9.17, 15) is 9.59 Å². The second-order valence-corrected chi connectivity index (χ2v) is 7.06. The molecule has 0 saturated heterocycles. The van der Waals surface area contributed by atoms with Crippen LogP contribution in [0, 0.1) is 6.92 Å². The summed E-state index contributed by atoms with van der Waals surface area (Å²) in [5, 5.41) is 8.16. The van der Waals surface area contributed by atoms with Gasteiger partial charge in [-0.1, -0.05) is 18.2 Å². The molecule has 0 fully saturated rings. The van der Waals surface area contributed by atoms with E-state index in [1.807, 2.05) is 31.2 Å². The van der Waals surface area contributed by atoms with Gasteiger partial charge in [0.15, 0.2) is 0 Å². The zero-order chi connectivity index (χ0) is 17.3. The summed E-state index contributed by atoms with van der Waals surface area (Å²) in [6.07, 6.45) is 1.59. The van der Waals surface area contributed by atoms with Gasteiger partial charge < -0.3 is 5.32 Å².